The zero-order chi connectivity index (χ0) is 20.7. The molecule has 3 rings (SSSR count). The van der Waals surface area contributed by atoms with E-state index >= 15 is 0 Å². The monoisotopic (exact) mass is 399 g/mol. The molecule has 0 amide bonds. The van der Waals surface area contributed by atoms with E-state index in [1.165, 1.54) is 0 Å². The highest BCUT2D eigenvalue weighted by Crippen LogP contribution is 2.29. The van der Waals surface area contributed by atoms with Gasteiger partial charge in [-0.1, -0.05) is 66.7 Å². The van der Waals surface area contributed by atoms with E-state index in [-0.39, 0.29) is 6.10 Å². The third kappa shape index (κ3) is 6.17. The first-order chi connectivity index (χ1) is 14.0. The molecule has 5 heteroatoms. The summed E-state index contributed by atoms with van der Waals surface area (Å²) in [5.74, 6) is 0. The summed E-state index contributed by atoms with van der Waals surface area (Å²) in [6, 6.07) is 23.3. The van der Waals surface area contributed by atoms with Crippen molar-refractivity contribution in [3.8, 4) is 0 Å². The van der Waals surface area contributed by atoms with E-state index in [4.69, 9.17) is 10.5 Å². The van der Waals surface area contributed by atoms with Crippen LogP contribution in [-0.4, -0.2) is 6.54 Å². The van der Waals surface area contributed by atoms with Gasteiger partial charge in [-0.15, -0.1) is 0 Å². The minimum atomic E-state index is -4.29. The highest BCUT2D eigenvalue weighted by Gasteiger charge is 2.29. The summed E-state index contributed by atoms with van der Waals surface area (Å²) in [4.78, 5) is 0. The van der Waals surface area contributed by atoms with Crippen LogP contribution in [0.3, 0.4) is 0 Å². The van der Waals surface area contributed by atoms with Gasteiger partial charge in [0.25, 0.3) is 0 Å². The SMILES string of the molecule is NC[C@H](OCc1ccc(CCc2ccc(C(F)(F)F)cc2)cc1)c1ccccc1. The third-order valence-corrected chi connectivity index (χ3v) is 4.84. The third-order valence-electron chi connectivity index (χ3n) is 4.84. The number of ether oxygens (including phenoxy) is 1. The Kier molecular flexibility index (Phi) is 7.07. The van der Waals surface area contributed by atoms with Crippen molar-refractivity contribution in [1.29, 1.82) is 0 Å². The van der Waals surface area contributed by atoms with Crippen molar-refractivity contribution in [2.75, 3.05) is 6.54 Å². The fraction of sp³-hybridized carbons (Fsp3) is 0.250. The molecule has 3 aromatic rings. The lowest BCUT2D eigenvalue weighted by Gasteiger charge is -2.16. The van der Waals surface area contributed by atoms with Crippen LogP contribution in [0.4, 0.5) is 13.2 Å². The minimum absolute atomic E-state index is 0.143. The molecule has 0 aliphatic rings. The Balaban J connectivity index is 1.51. The van der Waals surface area contributed by atoms with Gasteiger partial charge in [0.05, 0.1) is 18.3 Å². The summed E-state index contributed by atoms with van der Waals surface area (Å²) in [6.45, 7) is 0.880. The summed E-state index contributed by atoms with van der Waals surface area (Å²) in [5, 5.41) is 0. The molecule has 0 aliphatic heterocycles. The maximum atomic E-state index is 12.6. The molecule has 0 unspecified atom stereocenters. The molecular formula is C24H24F3NO. The van der Waals surface area contributed by atoms with Crippen molar-refractivity contribution in [3.05, 3.63) is 107 Å². The van der Waals surface area contributed by atoms with Crippen LogP contribution in [0.15, 0.2) is 78.9 Å². The molecule has 0 radical (unpaired) electrons. The first-order valence-corrected chi connectivity index (χ1v) is 9.56. The Labute approximate surface area is 169 Å². The molecule has 0 heterocycles. The van der Waals surface area contributed by atoms with Crippen LogP contribution < -0.4 is 5.73 Å². The Hall–Kier alpha value is -2.63. The normalized spacial score (nSPS) is 12.7. The average Bonchev–Trinajstić information content (AvgIpc) is 2.74. The molecule has 3 aromatic carbocycles. The summed E-state index contributed by atoms with van der Waals surface area (Å²) in [7, 11) is 0. The average molecular weight is 399 g/mol. The van der Waals surface area contributed by atoms with Crippen LogP contribution in [0.25, 0.3) is 0 Å². The fourth-order valence-corrected chi connectivity index (χ4v) is 3.12. The largest absolute Gasteiger partial charge is 0.416 e. The maximum absolute atomic E-state index is 12.6. The summed E-state index contributed by atoms with van der Waals surface area (Å²) >= 11 is 0. The highest BCUT2D eigenvalue weighted by atomic mass is 19.4. The van der Waals surface area contributed by atoms with Crippen molar-refractivity contribution in [1.82, 2.24) is 0 Å². The van der Waals surface area contributed by atoms with Crippen molar-refractivity contribution in [3.63, 3.8) is 0 Å². The smallest absolute Gasteiger partial charge is 0.368 e. The van der Waals surface area contributed by atoms with Gasteiger partial charge in [0, 0.05) is 6.54 Å². The maximum Gasteiger partial charge on any atom is 0.416 e. The zero-order valence-electron chi connectivity index (χ0n) is 16.0. The predicted molar refractivity (Wildman–Crippen MR) is 108 cm³/mol. The number of hydrogen-bond donors (Lipinski definition) is 1. The Morgan fingerprint density at radius 3 is 1.76 bits per heavy atom. The second kappa shape index (κ2) is 9.72. The van der Waals surface area contributed by atoms with Crippen LogP contribution in [0.2, 0.25) is 0 Å². The van der Waals surface area contributed by atoms with Crippen molar-refractivity contribution >= 4 is 0 Å². The molecule has 29 heavy (non-hydrogen) atoms. The fourth-order valence-electron chi connectivity index (χ4n) is 3.12. The van der Waals surface area contributed by atoms with E-state index < -0.39 is 11.7 Å². The van der Waals surface area contributed by atoms with Gasteiger partial charge < -0.3 is 10.5 Å². The predicted octanol–water partition coefficient (Wildman–Crippen LogP) is 5.71. The Bertz CT molecular complexity index is 875. The van der Waals surface area contributed by atoms with Gasteiger partial charge in [0.15, 0.2) is 0 Å². The second-order valence-corrected chi connectivity index (χ2v) is 6.96. The molecule has 0 aromatic heterocycles. The van der Waals surface area contributed by atoms with Gasteiger partial charge in [-0.2, -0.15) is 13.2 Å². The topological polar surface area (TPSA) is 35.2 Å². The number of hydrogen-bond acceptors (Lipinski definition) is 2. The van der Waals surface area contributed by atoms with Crippen LogP contribution in [-0.2, 0) is 30.4 Å². The van der Waals surface area contributed by atoms with Crippen molar-refractivity contribution in [2.24, 2.45) is 5.73 Å². The number of halogens is 3. The molecular weight excluding hydrogens is 375 g/mol. The number of rotatable bonds is 8. The minimum Gasteiger partial charge on any atom is -0.368 e. The molecule has 0 saturated carbocycles. The van der Waals surface area contributed by atoms with E-state index in [1.54, 1.807) is 12.1 Å². The van der Waals surface area contributed by atoms with Crippen LogP contribution in [0, 0.1) is 0 Å². The van der Waals surface area contributed by atoms with Gasteiger partial charge in [0.2, 0.25) is 0 Å². The lowest BCUT2D eigenvalue weighted by Crippen LogP contribution is -2.15. The van der Waals surface area contributed by atoms with Crippen molar-refractivity contribution in [2.45, 2.75) is 31.7 Å². The van der Waals surface area contributed by atoms with Gasteiger partial charge in [-0.3, -0.25) is 0 Å². The molecule has 2 nitrogen and oxygen atoms in total. The first-order valence-electron chi connectivity index (χ1n) is 9.56. The van der Waals surface area contributed by atoms with Crippen LogP contribution >= 0.6 is 0 Å². The highest BCUT2D eigenvalue weighted by molar-refractivity contribution is 5.27. The second-order valence-electron chi connectivity index (χ2n) is 6.96. The van der Waals surface area contributed by atoms with Crippen LogP contribution in [0.1, 0.15) is 33.9 Å². The molecule has 0 spiro atoms. The Morgan fingerprint density at radius 1 is 0.724 bits per heavy atom. The quantitative estimate of drug-likeness (QED) is 0.527. The van der Waals surface area contributed by atoms with Crippen molar-refractivity contribution < 1.29 is 17.9 Å². The van der Waals surface area contributed by atoms with E-state index in [2.05, 4.69) is 0 Å². The molecule has 0 aliphatic carbocycles. The molecule has 0 saturated heterocycles. The zero-order valence-corrected chi connectivity index (χ0v) is 16.0. The van der Waals surface area contributed by atoms with E-state index in [0.29, 0.717) is 19.6 Å². The van der Waals surface area contributed by atoms with Gasteiger partial charge in [-0.25, -0.2) is 0 Å². The molecule has 1 atom stereocenters. The van der Waals surface area contributed by atoms with E-state index in [0.717, 1.165) is 40.8 Å². The lowest BCUT2D eigenvalue weighted by molar-refractivity contribution is -0.137. The molecule has 0 bridgehead atoms. The molecule has 152 valence electrons. The Morgan fingerprint density at radius 2 is 1.24 bits per heavy atom. The summed E-state index contributed by atoms with van der Waals surface area (Å²) < 4.78 is 43.8. The van der Waals surface area contributed by atoms with E-state index in [9.17, 15) is 13.2 Å². The lowest BCUT2D eigenvalue weighted by atomic mass is 10.0. The molecule has 2 N–H and O–H groups in total. The number of alkyl halides is 3. The standard InChI is InChI=1S/C24H24F3NO/c25-24(26,27)22-14-12-19(13-15-22)7-6-18-8-10-20(11-9-18)17-29-23(16-28)21-4-2-1-3-5-21/h1-5,8-15,23H,6-7,16-17,28H2/t23-/m0/s1. The van der Waals surface area contributed by atoms with Gasteiger partial charge in [-0.05, 0) is 47.2 Å². The number of aryl methyl sites for hydroxylation is 2. The first kappa shape index (κ1) is 21.1. The molecule has 0 fully saturated rings. The number of nitrogens with two attached hydrogens (primary N) is 1. The van der Waals surface area contributed by atoms with E-state index in [1.807, 2.05) is 54.6 Å². The van der Waals surface area contributed by atoms with Crippen LogP contribution in [0.5, 0.6) is 0 Å². The van der Waals surface area contributed by atoms with Gasteiger partial charge in [0.1, 0.15) is 0 Å². The summed E-state index contributed by atoms with van der Waals surface area (Å²) in [6.07, 6.45) is -2.98. The van der Waals surface area contributed by atoms with Gasteiger partial charge >= 0.3 is 6.18 Å². The summed E-state index contributed by atoms with van der Waals surface area (Å²) in [5.41, 5.74) is 9.35. The number of benzene rings is 3.